The third-order valence-electron chi connectivity index (χ3n) is 3.30. The molecule has 17 heavy (non-hydrogen) atoms. The molecular formula is C14H24FNO. The molecule has 2 nitrogen and oxygen atoms in total. The minimum atomic E-state index is -1.64. The minimum absolute atomic E-state index is 0.0767. The van der Waals surface area contributed by atoms with E-state index in [1.807, 2.05) is 13.8 Å². The van der Waals surface area contributed by atoms with Crippen molar-refractivity contribution in [3.8, 4) is 0 Å². The zero-order valence-electron chi connectivity index (χ0n) is 11.2. The lowest BCUT2D eigenvalue weighted by Gasteiger charge is -2.27. The molecule has 2 N–H and O–H groups in total. The largest absolute Gasteiger partial charge is 0.369 e. The van der Waals surface area contributed by atoms with Gasteiger partial charge < -0.3 is 10.5 Å². The summed E-state index contributed by atoms with van der Waals surface area (Å²) >= 11 is 0. The fourth-order valence-corrected chi connectivity index (χ4v) is 2.52. The highest BCUT2D eigenvalue weighted by Gasteiger charge is 2.55. The summed E-state index contributed by atoms with van der Waals surface area (Å²) in [5, 5.41) is 0. The third kappa shape index (κ3) is 2.79. The van der Waals surface area contributed by atoms with Gasteiger partial charge in [-0.3, -0.25) is 0 Å². The number of hydrogen-bond acceptors (Lipinski definition) is 2. The van der Waals surface area contributed by atoms with Crippen LogP contribution in [0.2, 0.25) is 0 Å². The van der Waals surface area contributed by atoms with E-state index in [0.29, 0.717) is 5.92 Å². The molecule has 0 radical (unpaired) electrons. The SMILES string of the molecule is C=C=C[C@@]1(F)[C@H](N)[C@@H](CC(C)C)O[C@H]1C(C)C. The maximum Gasteiger partial charge on any atom is 0.180 e. The summed E-state index contributed by atoms with van der Waals surface area (Å²) in [5.74, 6) is 0.515. The van der Waals surface area contributed by atoms with Crippen LogP contribution < -0.4 is 5.73 Å². The molecule has 0 unspecified atom stereocenters. The monoisotopic (exact) mass is 241 g/mol. The number of halogens is 1. The highest BCUT2D eigenvalue weighted by molar-refractivity contribution is 5.17. The molecule has 0 aromatic carbocycles. The Morgan fingerprint density at radius 1 is 1.47 bits per heavy atom. The fraction of sp³-hybridized carbons (Fsp3) is 0.786. The molecule has 1 saturated heterocycles. The maximum absolute atomic E-state index is 14.9. The van der Waals surface area contributed by atoms with E-state index in [2.05, 4.69) is 26.2 Å². The summed E-state index contributed by atoms with van der Waals surface area (Å²) in [4.78, 5) is 0. The molecule has 0 aliphatic carbocycles. The van der Waals surface area contributed by atoms with Gasteiger partial charge in [-0.1, -0.05) is 34.3 Å². The van der Waals surface area contributed by atoms with Crippen LogP contribution in [0.25, 0.3) is 0 Å². The van der Waals surface area contributed by atoms with Gasteiger partial charge >= 0.3 is 0 Å². The second-order valence-corrected chi connectivity index (χ2v) is 5.67. The van der Waals surface area contributed by atoms with Crippen molar-refractivity contribution in [3.63, 3.8) is 0 Å². The Kier molecular flexibility index (Phi) is 4.54. The van der Waals surface area contributed by atoms with Crippen LogP contribution in [0.5, 0.6) is 0 Å². The van der Waals surface area contributed by atoms with Gasteiger partial charge in [-0.05, 0) is 24.3 Å². The first-order valence-corrected chi connectivity index (χ1v) is 6.29. The van der Waals surface area contributed by atoms with Gasteiger partial charge in [0.25, 0.3) is 0 Å². The van der Waals surface area contributed by atoms with Crippen molar-refractivity contribution in [1.29, 1.82) is 0 Å². The van der Waals surface area contributed by atoms with E-state index in [1.165, 1.54) is 6.08 Å². The predicted octanol–water partition coefficient (Wildman–Crippen LogP) is 2.83. The second kappa shape index (κ2) is 5.34. The topological polar surface area (TPSA) is 35.2 Å². The first-order valence-electron chi connectivity index (χ1n) is 6.29. The van der Waals surface area contributed by atoms with Gasteiger partial charge in [-0.15, -0.1) is 5.73 Å². The molecule has 0 saturated carbocycles. The van der Waals surface area contributed by atoms with Crippen molar-refractivity contribution in [2.75, 3.05) is 0 Å². The van der Waals surface area contributed by atoms with Crippen molar-refractivity contribution in [3.05, 3.63) is 18.4 Å². The van der Waals surface area contributed by atoms with Crippen molar-refractivity contribution in [1.82, 2.24) is 0 Å². The summed E-state index contributed by atoms with van der Waals surface area (Å²) in [6.07, 6.45) is 1.39. The molecule has 4 atom stereocenters. The van der Waals surface area contributed by atoms with Crippen LogP contribution in [0, 0.1) is 11.8 Å². The Morgan fingerprint density at radius 2 is 2.06 bits per heavy atom. The van der Waals surface area contributed by atoms with E-state index in [1.54, 1.807) is 0 Å². The molecule has 0 bridgehead atoms. The highest BCUT2D eigenvalue weighted by Crippen LogP contribution is 2.40. The summed E-state index contributed by atoms with van der Waals surface area (Å²) in [7, 11) is 0. The van der Waals surface area contributed by atoms with E-state index >= 15 is 0 Å². The van der Waals surface area contributed by atoms with Crippen molar-refractivity contribution in [2.45, 2.75) is 58.0 Å². The average Bonchev–Trinajstić information content (AvgIpc) is 2.43. The zero-order chi connectivity index (χ0) is 13.2. The molecular weight excluding hydrogens is 217 g/mol. The molecule has 1 rings (SSSR count). The molecule has 3 heteroatoms. The number of nitrogens with two attached hydrogens (primary N) is 1. The van der Waals surface area contributed by atoms with Crippen molar-refractivity contribution < 1.29 is 9.13 Å². The summed E-state index contributed by atoms with van der Waals surface area (Å²) in [6, 6.07) is -0.633. The van der Waals surface area contributed by atoms with Crippen LogP contribution in [-0.2, 0) is 4.74 Å². The normalized spacial score (nSPS) is 37.5. The standard InChI is InChI=1S/C14H24FNO/c1-6-7-14(15)12(16)11(8-9(2)3)17-13(14)10(4)5/h7,9-13H,1,8,16H2,2-5H3/t11-,12-,13+,14-/m1/s1. The van der Waals surface area contributed by atoms with Crippen LogP contribution in [-0.4, -0.2) is 23.9 Å². The number of hydrogen-bond donors (Lipinski definition) is 1. The molecule has 98 valence electrons. The molecule has 1 aliphatic heterocycles. The highest BCUT2D eigenvalue weighted by atomic mass is 19.1. The first kappa shape index (κ1) is 14.4. The van der Waals surface area contributed by atoms with Crippen molar-refractivity contribution in [2.24, 2.45) is 17.6 Å². The van der Waals surface area contributed by atoms with E-state index in [0.717, 1.165) is 6.42 Å². The van der Waals surface area contributed by atoms with Crippen LogP contribution >= 0.6 is 0 Å². The lowest BCUT2D eigenvalue weighted by Crippen LogP contribution is -2.49. The van der Waals surface area contributed by atoms with Crippen LogP contribution in [0.3, 0.4) is 0 Å². The zero-order valence-corrected chi connectivity index (χ0v) is 11.2. The number of alkyl halides is 1. The Labute approximate surface area is 104 Å². The van der Waals surface area contributed by atoms with Gasteiger partial charge in [-0.25, -0.2) is 4.39 Å². The molecule has 0 spiro atoms. The summed E-state index contributed by atoms with van der Waals surface area (Å²) < 4.78 is 20.7. The van der Waals surface area contributed by atoms with Gasteiger partial charge in [0.2, 0.25) is 0 Å². The Balaban J connectivity index is 2.97. The fourth-order valence-electron chi connectivity index (χ4n) is 2.52. The minimum Gasteiger partial charge on any atom is -0.369 e. The van der Waals surface area contributed by atoms with Gasteiger partial charge in [0.15, 0.2) is 5.67 Å². The first-order chi connectivity index (χ1) is 7.82. The van der Waals surface area contributed by atoms with Gasteiger partial charge in [0, 0.05) is 0 Å². The van der Waals surface area contributed by atoms with Crippen LogP contribution in [0.15, 0.2) is 18.4 Å². The molecule has 1 fully saturated rings. The Hall–Kier alpha value is -0.630. The van der Waals surface area contributed by atoms with E-state index in [9.17, 15) is 4.39 Å². The lowest BCUT2D eigenvalue weighted by molar-refractivity contribution is -0.0217. The van der Waals surface area contributed by atoms with Crippen molar-refractivity contribution >= 4 is 0 Å². The van der Waals surface area contributed by atoms with Crippen LogP contribution in [0.4, 0.5) is 4.39 Å². The molecule has 0 amide bonds. The lowest BCUT2D eigenvalue weighted by atomic mass is 9.84. The maximum atomic E-state index is 14.9. The molecule has 1 aliphatic rings. The van der Waals surface area contributed by atoms with Gasteiger partial charge in [0.1, 0.15) is 6.10 Å². The van der Waals surface area contributed by atoms with E-state index in [4.69, 9.17) is 10.5 Å². The third-order valence-corrected chi connectivity index (χ3v) is 3.30. The summed E-state index contributed by atoms with van der Waals surface area (Å²) in [5.41, 5.74) is 6.91. The van der Waals surface area contributed by atoms with Crippen LogP contribution in [0.1, 0.15) is 34.1 Å². The summed E-state index contributed by atoms with van der Waals surface area (Å²) in [6.45, 7) is 11.5. The van der Waals surface area contributed by atoms with E-state index < -0.39 is 17.8 Å². The Morgan fingerprint density at radius 3 is 2.47 bits per heavy atom. The number of rotatable bonds is 4. The molecule has 0 aromatic rings. The molecule has 0 aromatic heterocycles. The second-order valence-electron chi connectivity index (χ2n) is 5.67. The van der Waals surface area contributed by atoms with Gasteiger partial charge in [-0.2, -0.15) is 0 Å². The quantitative estimate of drug-likeness (QED) is 0.768. The Bertz CT molecular complexity index is 309. The predicted molar refractivity (Wildman–Crippen MR) is 68.5 cm³/mol. The molecule has 1 heterocycles. The van der Waals surface area contributed by atoms with Gasteiger partial charge in [0.05, 0.1) is 12.1 Å². The number of ether oxygens (including phenoxy) is 1. The van der Waals surface area contributed by atoms with E-state index in [-0.39, 0.29) is 12.0 Å². The average molecular weight is 241 g/mol. The smallest absolute Gasteiger partial charge is 0.180 e.